The predicted molar refractivity (Wildman–Crippen MR) is 302 cm³/mol. The zero-order chi connectivity index (χ0) is 52.8. The van der Waals surface area contributed by atoms with Gasteiger partial charge in [0.25, 0.3) is 0 Å². The van der Waals surface area contributed by atoms with E-state index < -0.39 is 11.5 Å². The van der Waals surface area contributed by atoms with Crippen LogP contribution in [0.5, 0.6) is 0 Å². The average molecular weight is 938 g/mol. The number of rotatable bonds is 7. The van der Waals surface area contributed by atoms with Crippen molar-refractivity contribution < 1.29 is 11.3 Å². The van der Waals surface area contributed by atoms with Gasteiger partial charge in [-0.05, 0) is 145 Å². The molecule has 1 aromatic heterocycles. The minimum absolute atomic E-state index is 0.147. The number of anilines is 6. The molecule has 3 aliphatic rings. The second kappa shape index (κ2) is 15.7. The Balaban J connectivity index is 0.984. The molecule has 3 heteroatoms. The van der Waals surface area contributed by atoms with E-state index in [4.69, 9.17) is 8.53 Å². The van der Waals surface area contributed by atoms with E-state index in [1.807, 2.05) is 36.4 Å². The molecule has 0 N–H and O–H groups in total. The second-order valence-electron chi connectivity index (χ2n) is 20.0. The first-order valence-corrected chi connectivity index (χ1v) is 25.0. The maximum Gasteiger partial charge on any atom is 0.137 e. The molecule has 0 amide bonds. The first kappa shape index (κ1) is 36.7. The van der Waals surface area contributed by atoms with Crippen molar-refractivity contribution in [2.24, 2.45) is 0 Å². The Kier molecular flexibility index (Phi) is 7.88. The van der Waals surface area contributed by atoms with Crippen molar-refractivity contribution >= 4 is 56.1 Å². The lowest BCUT2D eigenvalue weighted by Gasteiger charge is -2.34. The van der Waals surface area contributed by atoms with E-state index in [1.165, 1.54) is 44.5 Å². The molecule has 1 heterocycles. The molecule has 0 radical (unpaired) electrons. The van der Waals surface area contributed by atoms with Gasteiger partial charge in [-0.25, -0.2) is 0 Å². The quantitative estimate of drug-likeness (QED) is 0.159. The lowest BCUT2D eigenvalue weighted by molar-refractivity contribution is 0.660. The van der Waals surface area contributed by atoms with Gasteiger partial charge in [0.15, 0.2) is 0 Å². The third-order valence-electron chi connectivity index (χ3n) is 15.9. The molecule has 1 atom stereocenters. The van der Waals surface area contributed by atoms with E-state index in [2.05, 4.69) is 212 Å². The Morgan fingerprint density at radius 2 is 0.808 bits per heavy atom. The van der Waals surface area contributed by atoms with E-state index in [0.29, 0.717) is 11.3 Å². The van der Waals surface area contributed by atoms with Crippen LogP contribution in [0.15, 0.2) is 259 Å². The van der Waals surface area contributed by atoms with Gasteiger partial charge in [-0.3, -0.25) is 0 Å². The summed E-state index contributed by atoms with van der Waals surface area (Å²) < 4.78 is 51.2. The molecule has 0 saturated heterocycles. The molecule has 3 aliphatic carbocycles. The molecule has 3 nitrogen and oxygen atoms in total. The number of fused-ring (bicyclic) bond motifs is 16. The number of nitrogens with zero attached hydrogens (tertiary/aromatic N) is 2. The summed E-state index contributed by atoms with van der Waals surface area (Å²) in [5, 5.41) is 2.15. The van der Waals surface area contributed by atoms with E-state index in [9.17, 15) is 2.74 Å². The molecular formula is C70H48N2O. The van der Waals surface area contributed by atoms with Crippen molar-refractivity contribution in [3.05, 3.63) is 288 Å². The van der Waals surface area contributed by atoms with Crippen LogP contribution in [-0.4, -0.2) is 0 Å². The molecule has 11 aromatic carbocycles. The Bertz CT molecular complexity index is 4480. The maximum atomic E-state index is 9.29. The number of hydrogen-bond acceptors (Lipinski definition) is 3. The summed E-state index contributed by atoms with van der Waals surface area (Å²) in [4.78, 5) is 4.56. The van der Waals surface area contributed by atoms with Crippen LogP contribution >= 0.6 is 0 Å². The lowest BCUT2D eigenvalue weighted by Crippen LogP contribution is -2.26. The maximum absolute atomic E-state index is 9.29. The molecule has 0 saturated carbocycles. The summed E-state index contributed by atoms with van der Waals surface area (Å²) in [7, 11) is 0. The fourth-order valence-electron chi connectivity index (χ4n) is 12.8. The minimum Gasteiger partial charge on any atom is -0.456 e. The average Bonchev–Trinajstić information content (AvgIpc) is 2.41. The van der Waals surface area contributed by atoms with Crippen LogP contribution in [0.2, 0.25) is 0 Å². The van der Waals surface area contributed by atoms with Crippen molar-refractivity contribution in [3.8, 4) is 44.5 Å². The van der Waals surface area contributed by atoms with E-state index in [-0.39, 0.29) is 35.1 Å². The van der Waals surface area contributed by atoms with Gasteiger partial charge in [0, 0.05) is 56.3 Å². The highest BCUT2D eigenvalue weighted by atomic mass is 16.3. The third-order valence-corrected chi connectivity index (χ3v) is 15.9. The Labute approximate surface area is 432 Å². The topological polar surface area (TPSA) is 19.6 Å². The van der Waals surface area contributed by atoms with Crippen LogP contribution in [-0.2, 0) is 10.8 Å². The molecule has 0 fully saturated rings. The Hall–Kier alpha value is -9.18. The van der Waals surface area contributed by atoms with Crippen molar-refractivity contribution in [2.75, 3.05) is 9.80 Å². The largest absolute Gasteiger partial charge is 0.456 e. The number of furan rings is 1. The van der Waals surface area contributed by atoms with Gasteiger partial charge in [0.05, 0.1) is 18.0 Å². The van der Waals surface area contributed by atoms with E-state index in [0.717, 1.165) is 72.6 Å². The zero-order valence-corrected chi connectivity index (χ0v) is 40.2. The summed E-state index contributed by atoms with van der Waals surface area (Å²) in [5.41, 5.74) is 20.8. The summed E-state index contributed by atoms with van der Waals surface area (Å²) >= 11 is 0. The number of benzene rings is 11. The highest BCUT2D eigenvalue weighted by molar-refractivity contribution is 6.06. The molecule has 0 bridgehead atoms. The molecule has 12 aromatic rings. The van der Waals surface area contributed by atoms with Gasteiger partial charge in [-0.15, -0.1) is 0 Å². The van der Waals surface area contributed by atoms with E-state index >= 15 is 0 Å². The predicted octanol–water partition coefficient (Wildman–Crippen LogP) is 18.8. The molecule has 73 heavy (non-hydrogen) atoms. The van der Waals surface area contributed by atoms with E-state index in [1.54, 1.807) is 0 Å². The summed E-state index contributed by atoms with van der Waals surface area (Å²) in [6, 6.07) is 78.0. The standard InChI is InChI=1S/C70H48N2O/c1-69(2)60-28-14-9-24-52(60)55-37-34-48(41-63(55)69)72(66-31-17-12-23-51(66)45-19-5-3-6-20-45)49-35-39-57-54-26-11-16-30-62(54)70(65(57)43-49)61-29-15-10-25-53(61)56-38-33-47(42-64(56)70)71(46-21-7-4-8-22-46)50-36-40-59-58-27-13-18-32-67(58)73-68(59)44-50/h3-44H,1-2H3/i3D,5D,6D,19D,20D. The molecular weight excluding hydrogens is 885 g/mol. The minimum atomic E-state index is -0.769. The smallest absolute Gasteiger partial charge is 0.137 e. The number of hydrogen-bond donors (Lipinski definition) is 0. The molecule has 1 unspecified atom stereocenters. The van der Waals surface area contributed by atoms with Crippen LogP contribution in [0.25, 0.3) is 66.4 Å². The normalized spacial score (nSPS) is 16.1. The van der Waals surface area contributed by atoms with Gasteiger partial charge < -0.3 is 14.2 Å². The summed E-state index contributed by atoms with van der Waals surface area (Å²) in [6.07, 6.45) is 0. The Morgan fingerprint density at radius 3 is 1.48 bits per heavy atom. The van der Waals surface area contributed by atoms with Crippen LogP contribution < -0.4 is 9.80 Å². The van der Waals surface area contributed by atoms with Crippen molar-refractivity contribution in [2.45, 2.75) is 24.7 Å². The molecule has 344 valence electrons. The Morgan fingerprint density at radius 1 is 0.342 bits per heavy atom. The first-order chi connectivity index (χ1) is 38.0. The van der Waals surface area contributed by atoms with Crippen LogP contribution in [0.3, 0.4) is 0 Å². The number of para-hydroxylation sites is 3. The zero-order valence-electron chi connectivity index (χ0n) is 45.2. The molecule has 0 aliphatic heterocycles. The van der Waals surface area contributed by atoms with Gasteiger partial charge in [-0.2, -0.15) is 0 Å². The fraction of sp³-hybridized carbons (Fsp3) is 0.0571. The monoisotopic (exact) mass is 937 g/mol. The first-order valence-electron chi connectivity index (χ1n) is 27.5. The van der Waals surface area contributed by atoms with Gasteiger partial charge in [0.1, 0.15) is 11.2 Å². The highest BCUT2D eigenvalue weighted by Crippen LogP contribution is 2.64. The highest BCUT2D eigenvalue weighted by Gasteiger charge is 2.52. The SMILES string of the molecule is [2H]c1c([2H])c([2H])c(-c2ccccc2N(c2ccc3c(c2)C(C)(C)c2ccccc2-3)c2ccc3c(c2)C2(c4ccccc4-c4ccc(N(c5ccccc5)c5ccc6c(c5)oc5ccccc56)cc42)c2ccccc2-3)c([2H])c1[2H]. The molecule has 15 rings (SSSR count). The van der Waals surface area contributed by atoms with Crippen LogP contribution in [0.4, 0.5) is 34.1 Å². The van der Waals surface area contributed by atoms with Crippen molar-refractivity contribution in [3.63, 3.8) is 0 Å². The summed E-state index contributed by atoms with van der Waals surface area (Å²) in [5.74, 6) is 0. The summed E-state index contributed by atoms with van der Waals surface area (Å²) in [6.45, 7) is 4.56. The van der Waals surface area contributed by atoms with Gasteiger partial charge >= 0.3 is 0 Å². The van der Waals surface area contributed by atoms with Crippen molar-refractivity contribution in [1.82, 2.24) is 0 Å². The lowest BCUT2D eigenvalue weighted by atomic mass is 9.70. The fourth-order valence-corrected chi connectivity index (χ4v) is 12.8. The molecule has 1 spiro atoms. The van der Waals surface area contributed by atoms with Crippen LogP contribution in [0, 0.1) is 0 Å². The van der Waals surface area contributed by atoms with Crippen molar-refractivity contribution in [1.29, 1.82) is 0 Å². The third kappa shape index (κ3) is 5.94. The van der Waals surface area contributed by atoms with Gasteiger partial charge in [-0.1, -0.05) is 190 Å². The van der Waals surface area contributed by atoms with Gasteiger partial charge in [0.2, 0.25) is 0 Å². The van der Waals surface area contributed by atoms with Crippen LogP contribution in [0.1, 0.15) is 54.1 Å². The second-order valence-corrected chi connectivity index (χ2v) is 20.0.